The molecular weight excluding hydrogens is 380 g/mol. The van der Waals surface area contributed by atoms with Crippen LogP contribution in [0.3, 0.4) is 0 Å². The van der Waals surface area contributed by atoms with Crippen LogP contribution in [0.1, 0.15) is 36.0 Å². The minimum atomic E-state index is -0.373. The van der Waals surface area contributed by atoms with E-state index in [1.165, 1.54) is 7.11 Å². The smallest absolute Gasteiger partial charge is 0.306 e. The van der Waals surface area contributed by atoms with E-state index in [0.717, 1.165) is 24.0 Å². The van der Waals surface area contributed by atoms with Gasteiger partial charge in [0.25, 0.3) is 5.91 Å². The lowest BCUT2D eigenvalue weighted by Crippen LogP contribution is -2.43. The molecule has 3 rings (SSSR count). The van der Waals surface area contributed by atoms with Crippen molar-refractivity contribution in [3.8, 4) is 11.1 Å². The van der Waals surface area contributed by atoms with Gasteiger partial charge in [-0.2, -0.15) is 0 Å². The highest BCUT2D eigenvalue weighted by molar-refractivity contribution is 5.94. The number of carbonyl (C=O) groups excluding carboxylic acids is 3. The van der Waals surface area contributed by atoms with Crippen LogP contribution in [-0.4, -0.2) is 49.4 Å². The van der Waals surface area contributed by atoms with Gasteiger partial charge in [-0.05, 0) is 42.0 Å². The predicted octanol–water partition coefficient (Wildman–Crippen LogP) is 3.28. The molecule has 0 saturated carbocycles. The lowest BCUT2D eigenvalue weighted by atomic mass is 9.97. The van der Waals surface area contributed by atoms with E-state index in [1.807, 2.05) is 54.6 Å². The summed E-state index contributed by atoms with van der Waals surface area (Å²) in [5.41, 5.74) is 2.81. The van der Waals surface area contributed by atoms with E-state index in [-0.39, 0.29) is 36.5 Å². The summed E-state index contributed by atoms with van der Waals surface area (Å²) in [5.74, 6) is -0.299. The van der Waals surface area contributed by atoms with Gasteiger partial charge in [-0.1, -0.05) is 42.5 Å². The molecule has 30 heavy (non-hydrogen) atoms. The number of nitrogens with one attached hydrogen (secondary N) is 1. The van der Waals surface area contributed by atoms with Crippen molar-refractivity contribution in [2.75, 3.05) is 26.7 Å². The van der Waals surface area contributed by atoms with Gasteiger partial charge in [0.2, 0.25) is 5.91 Å². The van der Waals surface area contributed by atoms with Crippen molar-refractivity contribution >= 4 is 17.8 Å². The number of likely N-dealkylation sites (tertiary alicyclic amines) is 1. The Kier molecular flexibility index (Phi) is 7.60. The number of amides is 2. The summed E-state index contributed by atoms with van der Waals surface area (Å²) in [6, 6.07) is 17.6. The Morgan fingerprint density at radius 1 is 1.00 bits per heavy atom. The van der Waals surface area contributed by atoms with E-state index in [2.05, 4.69) is 10.1 Å². The Morgan fingerprint density at radius 2 is 1.70 bits per heavy atom. The Labute approximate surface area is 177 Å². The molecule has 1 atom stereocenters. The summed E-state index contributed by atoms with van der Waals surface area (Å²) >= 11 is 0. The van der Waals surface area contributed by atoms with Gasteiger partial charge in [0.15, 0.2) is 0 Å². The van der Waals surface area contributed by atoms with E-state index >= 15 is 0 Å². The molecule has 0 bridgehead atoms. The topological polar surface area (TPSA) is 75.7 Å². The summed E-state index contributed by atoms with van der Waals surface area (Å²) in [7, 11) is 1.32. The van der Waals surface area contributed by atoms with Crippen LogP contribution in [-0.2, 0) is 14.3 Å². The average Bonchev–Trinajstić information content (AvgIpc) is 2.81. The molecule has 6 heteroatoms. The summed E-state index contributed by atoms with van der Waals surface area (Å²) in [6.45, 7) is 1.83. The molecule has 1 aliphatic heterocycles. The van der Waals surface area contributed by atoms with Gasteiger partial charge in [0.05, 0.1) is 13.5 Å². The SMILES string of the molecule is COC(=O)CCC(=O)N1CCC[C@@H](CNC(=O)c2ccc(-c3ccccc3)cc2)C1. The largest absolute Gasteiger partial charge is 0.469 e. The first-order chi connectivity index (χ1) is 14.6. The number of esters is 1. The molecule has 0 spiro atoms. The molecular formula is C24H28N2O4. The molecule has 1 aliphatic rings. The lowest BCUT2D eigenvalue weighted by molar-refractivity contribution is -0.144. The average molecular weight is 408 g/mol. The summed E-state index contributed by atoms with van der Waals surface area (Å²) in [5, 5.41) is 3.00. The second kappa shape index (κ2) is 10.6. The minimum absolute atomic E-state index is 0.0343. The monoisotopic (exact) mass is 408 g/mol. The highest BCUT2D eigenvalue weighted by Crippen LogP contribution is 2.20. The molecule has 1 saturated heterocycles. The van der Waals surface area contributed by atoms with Crippen molar-refractivity contribution in [2.45, 2.75) is 25.7 Å². The van der Waals surface area contributed by atoms with Crippen LogP contribution >= 0.6 is 0 Å². The molecule has 1 N–H and O–H groups in total. The quantitative estimate of drug-likeness (QED) is 0.714. The molecule has 0 radical (unpaired) electrons. The van der Waals surface area contributed by atoms with Gasteiger partial charge >= 0.3 is 5.97 Å². The highest BCUT2D eigenvalue weighted by Gasteiger charge is 2.24. The fraction of sp³-hybridized carbons (Fsp3) is 0.375. The maximum Gasteiger partial charge on any atom is 0.306 e. The molecule has 6 nitrogen and oxygen atoms in total. The third-order valence-corrected chi connectivity index (χ3v) is 5.45. The fourth-order valence-corrected chi connectivity index (χ4v) is 3.71. The van der Waals surface area contributed by atoms with Gasteiger partial charge in [-0.25, -0.2) is 0 Å². The number of methoxy groups -OCH3 is 1. The predicted molar refractivity (Wildman–Crippen MR) is 115 cm³/mol. The fourth-order valence-electron chi connectivity index (χ4n) is 3.71. The third kappa shape index (κ3) is 5.92. The normalized spacial score (nSPS) is 16.0. The molecule has 2 amide bonds. The van der Waals surface area contributed by atoms with Crippen LogP contribution in [0, 0.1) is 5.92 Å². The summed E-state index contributed by atoms with van der Waals surface area (Å²) in [6.07, 6.45) is 2.13. The molecule has 0 aromatic heterocycles. The Morgan fingerprint density at radius 3 is 2.40 bits per heavy atom. The maximum atomic E-state index is 12.5. The first-order valence-corrected chi connectivity index (χ1v) is 10.3. The van der Waals surface area contributed by atoms with Crippen molar-refractivity contribution in [3.05, 3.63) is 60.2 Å². The second-order valence-electron chi connectivity index (χ2n) is 7.58. The first kappa shape index (κ1) is 21.6. The first-order valence-electron chi connectivity index (χ1n) is 10.3. The minimum Gasteiger partial charge on any atom is -0.469 e. The van der Waals surface area contributed by atoms with Gasteiger partial charge in [-0.15, -0.1) is 0 Å². The molecule has 0 unspecified atom stereocenters. The van der Waals surface area contributed by atoms with Gasteiger partial charge in [0, 0.05) is 31.6 Å². The maximum absolute atomic E-state index is 12.5. The number of ether oxygens (including phenoxy) is 1. The van der Waals surface area contributed by atoms with Crippen molar-refractivity contribution in [2.24, 2.45) is 5.92 Å². The van der Waals surface area contributed by atoms with Gasteiger partial charge in [-0.3, -0.25) is 14.4 Å². The molecule has 1 fully saturated rings. The van der Waals surface area contributed by atoms with Gasteiger partial charge < -0.3 is 15.0 Å². The summed E-state index contributed by atoms with van der Waals surface area (Å²) < 4.78 is 4.59. The van der Waals surface area contributed by atoms with Crippen molar-refractivity contribution in [1.82, 2.24) is 10.2 Å². The van der Waals surface area contributed by atoms with Crippen LogP contribution in [0.2, 0.25) is 0 Å². The molecule has 2 aromatic rings. The Balaban J connectivity index is 1.48. The number of rotatable bonds is 7. The van der Waals surface area contributed by atoms with E-state index in [1.54, 1.807) is 4.90 Å². The van der Waals surface area contributed by atoms with Crippen LogP contribution in [0.15, 0.2) is 54.6 Å². The second-order valence-corrected chi connectivity index (χ2v) is 7.58. The van der Waals surface area contributed by atoms with Crippen molar-refractivity contribution in [3.63, 3.8) is 0 Å². The number of piperidine rings is 1. The van der Waals surface area contributed by atoms with Crippen LogP contribution < -0.4 is 5.32 Å². The third-order valence-electron chi connectivity index (χ3n) is 5.45. The zero-order valence-corrected chi connectivity index (χ0v) is 17.3. The Hall–Kier alpha value is -3.15. The standard InChI is InChI=1S/C24H28N2O4/c1-30-23(28)14-13-22(27)26-15-5-6-18(17-26)16-25-24(29)21-11-9-20(10-12-21)19-7-3-2-4-8-19/h2-4,7-12,18H,5-6,13-17H2,1H3,(H,25,29)/t18-/m0/s1. The van der Waals surface area contributed by atoms with Crippen molar-refractivity contribution < 1.29 is 19.1 Å². The van der Waals surface area contributed by atoms with Crippen molar-refractivity contribution in [1.29, 1.82) is 0 Å². The summed E-state index contributed by atoms with van der Waals surface area (Å²) in [4.78, 5) is 37.8. The van der Waals surface area contributed by atoms with E-state index in [4.69, 9.17) is 0 Å². The number of nitrogens with zero attached hydrogens (tertiary/aromatic N) is 1. The molecule has 1 heterocycles. The number of benzene rings is 2. The van der Waals surface area contributed by atoms with E-state index in [0.29, 0.717) is 25.2 Å². The van der Waals surface area contributed by atoms with Gasteiger partial charge in [0.1, 0.15) is 0 Å². The zero-order chi connectivity index (χ0) is 21.3. The molecule has 158 valence electrons. The van der Waals surface area contributed by atoms with E-state index in [9.17, 15) is 14.4 Å². The molecule has 2 aromatic carbocycles. The van der Waals surface area contributed by atoms with E-state index < -0.39 is 0 Å². The molecule has 0 aliphatic carbocycles. The number of carbonyl (C=O) groups is 3. The van der Waals surface area contributed by atoms with Crippen LogP contribution in [0.25, 0.3) is 11.1 Å². The number of hydrogen-bond donors (Lipinski definition) is 1. The zero-order valence-electron chi connectivity index (χ0n) is 17.3. The highest BCUT2D eigenvalue weighted by atomic mass is 16.5. The number of hydrogen-bond acceptors (Lipinski definition) is 4. The lowest BCUT2D eigenvalue weighted by Gasteiger charge is -2.33. The Bertz CT molecular complexity index is 865. The van der Waals surface area contributed by atoms with Crippen LogP contribution in [0.4, 0.5) is 0 Å². The van der Waals surface area contributed by atoms with Crippen LogP contribution in [0.5, 0.6) is 0 Å².